The number of nitrogens with one attached hydrogen (secondary N) is 1. The van der Waals surface area contributed by atoms with Crippen molar-refractivity contribution in [1.82, 2.24) is 9.88 Å². The fourth-order valence-electron chi connectivity index (χ4n) is 2.85. The van der Waals surface area contributed by atoms with Crippen molar-refractivity contribution < 1.29 is 4.79 Å². The first kappa shape index (κ1) is 18.3. The molecule has 3 rings (SSSR count). The minimum atomic E-state index is 0.216. The van der Waals surface area contributed by atoms with E-state index in [9.17, 15) is 4.79 Å². The van der Waals surface area contributed by atoms with Crippen LogP contribution in [-0.4, -0.2) is 42.0 Å². The van der Waals surface area contributed by atoms with Crippen LogP contribution in [0.3, 0.4) is 0 Å². The smallest absolute Gasteiger partial charge is 0.222 e. The molecule has 5 nitrogen and oxygen atoms in total. The lowest BCUT2D eigenvalue weighted by Gasteiger charge is -2.36. The number of hydrogen-bond donors (Lipinski definition) is 1. The van der Waals surface area contributed by atoms with Gasteiger partial charge in [-0.15, -0.1) is 11.3 Å². The summed E-state index contributed by atoms with van der Waals surface area (Å²) < 4.78 is 0.547. The fourth-order valence-corrected chi connectivity index (χ4v) is 4.07. The van der Waals surface area contributed by atoms with E-state index < -0.39 is 0 Å². The maximum atomic E-state index is 11.8. The molecule has 25 heavy (non-hydrogen) atoms. The van der Waals surface area contributed by atoms with E-state index >= 15 is 0 Å². The van der Waals surface area contributed by atoms with Crippen molar-refractivity contribution in [3.05, 3.63) is 38.8 Å². The van der Waals surface area contributed by atoms with E-state index in [2.05, 4.69) is 15.2 Å². The zero-order valence-corrected chi connectivity index (χ0v) is 16.3. The van der Waals surface area contributed by atoms with Crippen molar-refractivity contribution in [2.24, 2.45) is 0 Å². The van der Waals surface area contributed by atoms with Gasteiger partial charge in [0, 0.05) is 49.4 Å². The van der Waals surface area contributed by atoms with Crippen LogP contribution in [0, 0.1) is 0 Å². The molecular formula is C17H20Cl2N4OS. The van der Waals surface area contributed by atoms with Crippen LogP contribution in [0.5, 0.6) is 0 Å². The lowest BCUT2D eigenvalue weighted by Crippen LogP contribution is -2.48. The van der Waals surface area contributed by atoms with Crippen molar-refractivity contribution in [2.45, 2.75) is 19.9 Å². The third kappa shape index (κ3) is 4.57. The lowest BCUT2D eigenvalue weighted by molar-refractivity contribution is -0.131. The molecule has 8 heteroatoms. The van der Waals surface area contributed by atoms with Crippen molar-refractivity contribution in [1.29, 1.82) is 0 Å². The maximum absolute atomic E-state index is 11.8. The SMILES string of the molecule is CCC(=O)N1CCN(c2ccc(NCc3cnc(Cl)s3)cc2Cl)CC1. The third-order valence-electron chi connectivity index (χ3n) is 4.22. The molecule has 0 saturated carbocycles. The standard InChI is InChI=1S/C17H20Cl2N4OS/c1-2-16(24)23-7-5-22(6-8-23)15-4-3-12(9-14(15)18)20-10-13-11-21-17(19)25-13/h3-4,9,11,20H,2,5-8,10H2,1H3. The van der Waals surface area contributed by atoms with Crippen molar-refractivity contribution in [3.8, 4) is 0 Å². The average molecular weight is 399 g/mol. The van der Waals surface area contributed by atoms with Crippen LogP contribution in [0.15, 0.2) is 24.4 Å². The van der Waals surface area contributed by atoms with Gasteiger partial charge in [-0.1, -0.05) is 30.1 Å². The van der Waals surface area contributed by atoms with E-state index in [1.165, 1.54) is 11.3 Å². The summed E-state index contributed by atoms with van der Waals surface area (Å²) in [5.41, 5.74) is 1.97. The van der Waals surface area contributed by atoms with Crippen LogP contribution in [0.1, 0.15) is 18.2 Å². The second kappa shape index (κ2) is 8.25. The molecule has 0 aliphatic carbocycles. The van der Waals surface area contributed by atoms with Crippen molar-refractivity contribution >= 4 is 51.8 Å². The van der Waals surface area contributed by atoms with Gasteiger partial charge in [0.25, 0.3) is 0 Å². The molecular weight excluding hydrogens is 379 g/mol. The minimum Gasteiger partial charge on any atom is -0.380 e. The molecule has 134 valence electrons. The van der Waals surface area contributed by atoms with E-state index in [1.807, 2.05) is 30.0 Å². The monoisotopic (exact) mass is 398 g/mol. The highest BCUT2D eigenvalue weighted by atomic mass is 35.5. The number of rotatable bonds is 5. The van der Waals surface area contributed by atoms with Gasteiger partial charge in [0.05, 0.1) is 17.3 Å². The van der Waals surface area contributed by atoms with Gasteiger partial charge >= 0.3 is 0 Å². The van der Waals surface area contributed by atoms with E-state index in [-0.39, 0.29) is 5.91 Å². The van der Waals surface area contributed by atoms with E-state index in [0.717, 1.165) is 42.4 Å². The molecule has 1 aromatic carbocycles. The number of nitrogens with zero attached hydrogens (tertiary/aromatic N) is 3. The number of benzene rings is 1. The third-order valence-corrected chi connectivity index (χ3v) is 5.63. The average Bonchev–Trinajstić information content (AvgIpc) is 3.05. The molecule has 1 saturated heterocycles. The summed E-state index contributed by atoms with van der Waals surface area (Å²) in [5, 5.41) is 4.04. The molecule has 0 radical (unpaired) electrons. The van der Waals surface area contributed by atoms with Gasteiger partial charge in [0.1, 0.15) is 0 Å². The number of halogens is 2. The van der Waals surface area contributed by atoms with Gasteiger partial charge in [-0.05, 0) is 18.2 Å². The molecule has 2 aromatic rings. The van der Waals surface area contributed by atoms with E-state index in [1.54, 1.807) is 6.20 Å². The maximum Gasteiger partial charge on any atom is 0.222 e. The van der Waals surface area contributed by atoms with Gasteiger partial charge in [-0.25, -0.2) is 4.98 Å². The molecule has 0 atom stereocenters. The van der Waals surface area contributed by atoms with E-state index in [4.69, 9.17) is 23.2 Å². The van der Waals surface area contributed by atoms with Crippen molar-refractivity contribution in [2.75, 3.05) is 36.4 Å². The Kier molecular flexibility index (Phi) is 6.04. The zero-order valence-electron chi connectivity index (χ0n) is 14.0. The van der Waals surface area contributed by atoms with Crippen LogP contribution in [0.2, 0.25) is 9.49 Å². The van der Waals surface area contributed by atoms with Crippen LogP contribution >= 0.6 is 34.5 Å². The highest BCUT2D eigenvalue weighted by molar-refractivity contribution is 7.15. The van der Waals surface area contributed by atoms with Crippen LogP contribution in [0.25, 0.3) is 0 Å². The lowest BCUT2D eigenvalue weighted by atomic mass is 10.2. The fraction of sp³-hybridized carbons (Fsp3) is 0.412. The second-order valence-corrected chi connectivity index (χ2v) is 7.93. The predicted molar refractivity (Wildman–Crippen MR) is 105 cm³/mol. The quantitative estimate of drug-likeness (QED) is 0.822. The van der Waals surface area contributed by atoms with Crippen molar-refractivity contribution in [3.63, 3.8) is 0 Å². The van der Waals surface area contributed by atoms with Crippen LogP contribution < -0.4 is 10.2 Å². The number of hydrogen-bond acceptors (Lipinski definition) is 5. The molecule has 1 amide bonds. The van der Waals surface area contributed by atoms with Gasteiger partial charge < -0.3 is 15.1 Å². The first-order chi connectivity index (χ1) is 12.1. The Bertz CT molecular complexity index is 744. The molecule has 2 heterocycles. The van der Waals surface area contributed by atoms with Gasteiger partial charge in [0.2, 0.25) is 5.91 Å². The van der Waals surface area contributed by atoms with Crippen LogP contribution in [0.4, 0.5) is 11.4 Å². The number of carbonyl (C=O) groups is 1. The van der Waals surface area contributed by atoms with Gasteiger partial charge in [-0.2, -0.15) is 0 Å². The highest BCUT2D eigenvalue weighted by Crippen LogP contribution is 2.30. The topological polar surface area (TPSA) is 48.5 Å². The molecule has 1 aromatic heterocycles. The number of carbonyl (C=O) groups excluding carboxylic acids is 1. The molecule has 0 bridgehead atoms. The largest absolute Gasteiger partial charge is 0.380 e. The second-order valence-electron chi connectivity index (χ2n) is 5.82. The summed E-state index contributed by atoms with van der Waals surface area (Å²) in [6.45, 7) is 5.66. The zero-order chi connectivity index (χ0) is 17.8. The Morgan fingerprint density at radius 3 is 2.64 bits per heavy atom. The predicted octanol–water partition coefficient (Wildman–Crippen LogP) is 4.12. The number of amides is 1. The molecule has 1 fully saturated rings. The van der Waals surface area contributed by atoms with Gasteiger partial charge in [0.15, 0.2) is 4.47 Å². The normalized spacial score (nSPS) is 14.7. The minimum absolute atomic E-state index is 0.216. The van der Waals surface area contributed by atoms with Crippen LogP contribution in [-0.2, 0) is 11.3 Å². The Morgan fingerprint density at radius 1 is 1.28 bits per heavy atom. The summed E-state index contributed by atoms with van der Waals surface area (Å²) in [4.78, 5) is 21.0. The first-order valence-corrected chi connectivity index (χ1v) is 9.80. The molecule has 1 aliphatic heterocycles. The van der Waals surface area contributed by atoms with E-state index in [0.29, 0.717) is 22.5 Å². The summed E-state index contributed by atoms with van der Waals surface area (Å²) in [6.07, 6.45) is 2.33. The Morgan fingerprint density at radius 2 is 2.04 bits per heavy atom. The summed E-state index contributed by atoms with van der Waals surface area (Å²) in [7, 11) is 0. The molecule has 1 N–H and O–H groups in total. The van der Waals surface area contributed by atoms with Gasteiger partial charge in [-0.3, -0.25) is 4.79 Å². The summed E-state index contributed by atoms with van der Waals surface area (Å²) in [6, 6.07) is 5.98. The Hall–Kier alpha value is -1.50. The summed E-state index contributed by atoms with van der Waals surface area (Å²) >= 11 is 13.8. The Labute approximate surface area is 161 Å². The number of thiazole rings is 1. The highest BCUT2D eigenvalue weighted by Gasteiger charge is 2.21. The summed E-state index contributed by atoms with van der Waals surface area (Å²) in [5.74, 6) is 0.216. The molecule has 0 unspecified atom stereocenters. The molecule has 1 aliphatic rings. The number of anilines is 2. The number of piperazine rings is 1. The molecule has 0 spiro atoms. The number of aromatic nitrogens is 1. The Balaban J connectivity index is 1.59. The first-order valence-electron chi connectivity index (χ1n) is 8.23.